The van der Waals surface area contributed by atoms with Crippen molar-refractivity contribution < 1.29 is 19.8 Å². The molecular formula is C22H24N2O4. The molecule has 0 atom stereocenters. The molecule has 6 nitrogen and oxygen atoms in total. The Balaban J connectivity index is 2.07. The topological polar surface area (TPSA) is 102 Å². The Morgan fingerprint density at radius 1 is 1.07 bits per heavy atom. The van der Waals surface area contributed by atoms with E-state index in [4.69, 9.17) is 0 Å². The van der Waals surface area contributed by atoms with E-state index in [1.807, 2.05) is 24.3 Å². The highest BCUT2D eigenvalue weighted by molar-refractivity contribution is 5.98. The van der Waals surface area contributed by atoms with Crippen LogP contribution in [-0.2, 0) is 17.6 Å². The molecule has 1 amide bonds. The maximum Gasteiger partial charge on any atom is 0.216 e. The largest absolute Gasteiger partial charge is 0.507 e. The van der Waals surface area contributed by atoms with Gasteiger partial charge in [0.2, 0.25) is 5.91 Å². The van der Waals surface area contributed by atoms with Crippen molar-refractivity contribution in [1.29, 1.82) is 0 Å². The molecule has 3 rings (SSSR count). The summed E-state index contributed by atoms with van der Waals surface area (Å²) in [5.41, 5.74) is 3.83. The zero-order valence-corrected chi connectivity index (χ0v) is 16.2. The minimum Gasteiger partial charge on any atom is -0.507 e. The van der Waals surface area contributed by atoms with Crippen molar-refractivity contribution in [2.45, 2.75) is 33.6 Å². The summed E-state index contributed by atoms with van der Waals surface area (Å²) in [5, 5.41) is 24.9. The summed E-state index contributed by atoms with van der Waals surface area (Å²) >= 11 is 0. The number of H-pyrrole nitrogens is 1. The van der Waals surface area contributed by atoms with Gasteiger partial charge in [-0.2, -0.15) is 0 Å². The first kappa shape index (κ1) is 19.5. The van der Waals surface area contributed by atoms with Crippen molar-refractivity contribution in [2.24, 2.45) is 0 Å². The van der Waals surface area contributed by atoms with Gasteiger partial charge in [0.1, 0.15) is 11.5 Å². The minimum absolute atomic E-state index is 0.0195. The maximum atomic E-state index is 11.9. The quantitative estimate of drug-likeness (QED) is 0.492. The van der Waals surface area contributed by atoms with Gasteiger partial charge in [-0.05, 0) is 43.5 Å². The number of aryl methyl sites for hydroxylation is 1. The van der Waals surface area contributed by atoms with Crippen molar-refractivity contribution in [2.75, 3.05) is 6.54 Å². The summed E-state index contributed by atoms with van der Waals surface area (Å²) in [6, 6.07) is 9.32. The number of amides is 1. The Labute approximate surface area is 163 Å². The van der Waals surface area contributed by atoms with Crippen LogP contribution in [0.5, 0.6) is 11.5 Å². The lowest BCUT2D eigenvalue weighted by Gasteiger charge is -2.14. The van der Waals surface area contributed by atoms with E-state index in [1.54, 1.807) is 6.92 Å². The number of benzene rings is 2. The van der Waals surface area contributed by atoms with Crippen LogP contribution in [0.1, 0.15) is 46.6 Å². The van der Waals surface area contributed by atoms with Gasteiger partial charge in [-0.3, -0.25) is 9.59 Å². The number of ketones is 1. The molecule has 146 valence electrons. The number of hydrogen-bond acceptors (Lipinski definition) is 4. The fraction of sp³-hybridized carbons (Fsp3) is 0.273. The fourth-order valence-electron chi connectivity index (χ4n) is 3.53. The predicted octanol–water partition coefficient (Wildman–Crippen LogP) is 3.36. The first-order valence-electron chi connectivity index (χ1n) is 9.17. The van der Waals surface area contributed by atoms with Crippen LogP contribution in [-0.4, -0.2) is 33.4 Å². The average Bonchev–Trinajstić information content (AvgIpc) is 2.99. The Hall–Kier alpha value is -3.28. The van der Waals surface area contributed by atoms with Gasteiger partial charge in [-0.1, -0.05) is 18.2 Å². The second-order valence-electron chi connectivity index (χ2n) is 7.01. The molecule has 0 aliphatic carbocycles. The molecule has 28 heavy (non-hydrogen) atoms. The molecular weight excluding hydrogens is 356 g/mol. The first-order chi connectivity index (χ1) is 13.3. The number of fused-ring (bicyclic) bond motifs is 1. The summed E-state index contributed by atoms with van der Waals surface area (Å²) < 4.78 is 0. The van der Waals surface area contributed by atoms with Gasteiger partial charge in [0.15, 0.2) is 5.78 Å². The zero-order chi connectivity index (χ0) is 20.4. The minimum atomic E-state index is -0.260. The van der Waals surface area contributed by atoms with Crippen molar-refractivity contribution >= 4 is 22.6 Å². The first-order valence-corrected chi connectivity index (χ1v) is 9.17. The number of aromatic hydroxyl groups is 2. The van der Waals surface area contributed by atoms with Crippen LogP contribution in [0.3, 0.4) is 0 Å². The van der Waals surface area contributed by atoms with E-state index in [2.05, 4.69) is 10.3 Å². The molecule has 6 heteroatoms. The number of carbonyl (C=O) groups is 2. The lowest BCUT2D eigenvalue weighted by atomic mass is 9.95. The number of aromatic amines is 1. The number of para-hydroxylation sites is 1. The third kappa shape index (κ3) is 3.71. The molecule has 0 saturated carbocycles. The van der Waals surface area contributed by atoms with Crippen LogP contribution in [0, 0.1) is 6.92 Å². The fourth-order valence-corrected chi connectivity index (χ4v) is 3.53. The maximum absolute atomic E-state index is 11.9. The van der Waals surface area contributed by atoms with Gasteiger partial charge >= 0.3 is 0 Å². The number of nitrogens with one attached hydrogen (secondary N) is 2. The number of phenols is 2. The number of carbonyl (C=O) groups excluding carboxylic acids is 2. The van der Waals surface area contributed by atoms with Crippen LogP contribution in [0.4, 0.5) is 0 Å². The third-order valence-electron chi connectivity index (χ3n) is 4.94. The van der Waals surface area contributed by atoms with Crippen molar-refractivity contribution in [1.82, 2.24) is 10.3 Å². The van der Waals surface area contributed by atoms with Crippen LogP contribution in [0.25, 0.3) is 10.9 Å². The molecule has 0 aliphatic rings. The molecule has 1 heterocycles. The molecule has 0 unspecified atom stereocenters. The Morgan fingerprint density at radius 2 is 1.79 bits per heavy atom. The van der Waals surface area contributed by atoms with E-state index in [1.165, 1.54) is 19.9 Å². The summed E-state index contributed by atoms with van der Waals surface area (Å²) in [6.07, 6.45) is 0.843. The zero-order valence-electron chi connectivity index (χ0n) is 16.2. The van der Waals surface area contributed by atoms with E-state index in [0.717, 1.165) is 22.2 Å². The molecule has 0 radical (unpaired) electrons. The van der Waals surface area contributed by atoms with Gasteiger partial charge in [0.05, 0.1) is 5.56 Å². The van der Waals surface area contributed by atoms with Crippen LogP contribution in [0.2, 0.25) is 0 Å². The summed E-state index contributed by atoms with van der Waals surface area (Å²) in [6.45, 7) is 5.04. The molecule has 0 saturated heterocycles. The van der Waals surface area contributed by atoms with E-state index in [0.29, 0.717) is 24.1 Å². The van der Waals surface area contributed by atoms with E-state index in [-0.39, 0.29) is 35.2 Å². The summed E-state index contributed by atoms with van der Waals surface area (Å²) in [4.78, 5) is 26.4. The molecule has 0 bridgehead atoms. The SMILES string of the molecule is CC(=O)NCCc1c(Cc2c(O)c(C)cc(C(C)=O)c2O)[nH]c2ccccc12. The second kappa shape index (κ2) is 7.76. The highest BCUT2D eigenvalue weighted by Crippen LogP contribution is 2.37. The Kier molecular flexibility index (Phi) is 5.40. The molecule has 0 aliphatic heterocycles. The van der Waals surface area contributed by atoms with Crippen molar-refractivity contribution in [3.05, 3.63) is 58.3 Å². The van der Waals surface area contributed by atoms with Crippen molar-refractivity contribution in [3.8, 4) is 11.5 Å². The highest BCUT2D eigenvalue weighted by Gasteiger charge is 2.21. The smallest absolute Gasteiger partial charge is 0.216 e. The number of Topliss-reactive ketones (excluding diaryl/α,β-unsaturated/α-hetero) is 1. The van der Waals surface area contributed by atoms with Crippen LogP contribution in [0.15, 0.2) is 30.3 Å². The van der Waals surface area contributed by atoms with Gasteiger partial charge in [0, 0.05) is 42.0 Å². The Morgan fingerprint density at radius 3 is 2.46 bits per heavy atom. The number of hydrogen-bond donors (Lipinski definition) is 4. The molecule has 3 aromatic rings. The number of phenolic OH excluding ortho intramolecular Hbond substituents is 2. The Bertz CT molecular complexity index is 1070. The van der Waals surface area contributed by atoms with Gasteiger partial charge in [-0.25, -0.2) is 0 Å². The molecule has 0 fully saturated rings. The molecule has 4 N–H and O–H groups in total. The van der Waals surface area contributed by atoms with Crippen LogP contribution >= 0.6 is 0 Å². The summed E-state index contributed by atoms with van der Waals surface area (Å²) in [5.74, 6) is -0.568. The van der Waals surface area contributed by atoms with Crippen LogP contribution < -0.4 is 5.32 Å². The molecule has 2 aromatic carbocycles. The molecule has 1 aromatic heterocycles. The van der Waals surface area contributed by atoms with Crippen molar-refractivity contribution in [3.63, 3.8) is 0 Å². The average molecular weight is 380 g/mol. The predicted molar refractivity (Wildman–Crippen MR) is 108 cm³/mol. The van der Waals surface area contributed by atoms with Gasteiger partial charge in [-0.15, -0.1) is 0 Å². The summed E-state index contributed by atoms with van der Waals surface area (Å²) in [7, 11) is 0. The van der Waals surface area contributed by atoms with E-state index >= 15 is 0 Å². The molecule has 0 spiro atoms. The van der Waals surface area contributed by atoms with Gasteiger partial charge in [0.25, 0.3) is 0 Å². The van der Waals surface area contributed by atoms with E-state index < -0.39 is 0 Å². The normalized spacial score (nSPS) is 11.0. The lowest BCUT2D eigenvalue weighted by molar-refractivity contribution is -0.118. The monoisotopic (exact) mass is 380 g/mol. The standard InChI is InChI=1S/C22H24N2O4/c1-12-10-17(13(2)25)22(28)18(21(12)27)11-20-16(8-9-23-14(3)26)15-6-4-5-7-19(15)24-20/h4-7,10,24,27-28H,8-9,11H2,1-3H3,(H,23,26). The number of rotatable bonds is 6. The highest BCUT2D eigenvalue weighted by atomic mass is 16.3. The third-order valence-corrected chi connectivity index (χ3v) is 4.94. The second-order valence-corrected chi connectivity index (χ2v) is 7.01. The lowest BCUT2D eigenvalue weighted by Crippen LogP contribution is -2.22. The van der Waals surface area contributed by atoms with E-state index in [9.17, 15) is 19.8 Å². The van der Waals surface area contributed by atoms with Gasteiger partial charge < -0.3 is 20.5 Å². The number of aromatic nitrogens is 1.